The van der Waals surface area contributed by atoms with Crippen molar-refractivity contribution in [3.63, 3.8) is 0 Å². The second-order valence-electron chi connectivity index (χ2n) is 4.63. The van der Waals surface area contributed by atoms with E-state index in [4.69, 9.17) is 11.6 Å². The van der Waals surface area contributed by atoms with Gasteiger partial charge in [0.2, 0.25) is 0 Å². The van der Waals surface area contributed by atoms with Gasteiger partial charge >= 0.3 is 0 Å². The maximum absolute atomic E-state index is 12.5. The Morgan fingerprint density at radius 1 is 1.15 bits per heavy atom. The molecule has 0 bridgehead atoms. The fourth-order valence-corrected chi connectivity index (χ4v) is 3.16. The molecule has 3 rings (SSSR count). The molecule has 4 heteroatoms. The van der Waals surface area contributed by atoms with Crippen LogP contribution in [0.3, 0.4) is 0 Å². The molecule has 0 amide bonds. The first kappa shape index (κ1) is 13.4. The molecule has 2 nitrogen and oxygen atoms in total. The minimum absolute atomic E-state index is 0.000744. The van der Waals surface area contributed by atoms with Crippen LogP contribution in [-0.4, -0.2) is 4.98 Å². The number of benzene rings is 2. The van der Waals surface area contributed by atoms with E-state index in [9.17, 15) is 4.79 Å². The van der Waals surface area contributed by atoms with E-state index in [0.717, 1.165) is 15.7 Å². The van der Waals surface area contributed by atoms with Crippen molar-refractivity contribution in [3.8, 4) is 11.3 Å². The van der Waals surface area contributed by atoms with E-state index in [-0.39, 0.29) is 5.43 Å². The average Bonchev–Trinajstić information content (AvgIpc) is 2.44. The van der Waals surface area contributed by atoms with Gasteiger partial charge < -0.3 is 4.98 Å². The topological polar surface area (TPSA) is 32.9 Å². The van der Waals surface area contributed by atoms with Crippen LogP contribution in [0.5, 0.6) is 0 Å². The predicted octanol–water partition coefficient (Wildman–Crippen LogP) is 4.92. The van der Waals surface area contributed by atoms with Crippen LogP contribution in [0, 0.1) is 6.92 Å². The molecule has 0 atom stereocenters. The lowest BCUT2D eigenvalue weighted by molar-refractivity contribution is 1.30. The van der Waals surface area contributed by atoms with E-state index in [2.05, 4.69) is 20.9 Å². The Bertz CT molecular complexity index is 856. The van der Waals surface area contributed by atoms with Gasteiger partial charge in [-0.2, -0.15) is 0 Å². The molecule has 0 saturated heterocycles. The number of halogens is 2. The van der Waals surface area contributed by atoms with Crippen molar-refractivity contribution >= 4 is 38.4 Å². The van der Waals surface area contributed by atoms with Gasteiger partial charge in [0.1, 0.15) is 0 Å². The third-order valence-electron chi connectivity index (χ3n) is 3.33. The number of pyridine rings is 1. The Hall–Kier alpha value is -1.58. The second kappa shape index (κ2) is 5.08. The molecule has 1 aromatic heterocycles. The molecule has 0 saturated carbocycles. The highest BCUT2D eigenvalue weighted by molar-refractivity contribution is 9.10. The smallest absolute Gasteiger partial charge is 0.193 e. The lowest BCUT2D eigenvalue weighted by Gasteiger charge is -2.10. The van der Waals surface area contributed by atoms with Crippen molar-refractivity contribution in [2.75, 3.05) is 0 Å². The van der Waals surface area contributed by atoms with Gasteiger partial charge in [-0.05, 0) is 24.6 Å². The number of aromatic nitrogens is 1. The zero-order valence-corrected chi connectivity index (χ0v) is 13.0. The first-order valence-electron chi connectivity index (χ1n) is 6.15. The van der Waals surface area contributed by atoms with Crippen molar-refractivity contribution in [2.45, 2.75) is 6.92 Å². The molecular weight excluding hydrogens is 338 g/mol. The Balaban J connectivity index is 2.42. The maximum atomic E-state index is 12.5. The fourth-order valence-electron chi connectivity index (χ4n) is 2.31. The third kappa shape index (κ3) is 2.17. The van der Waals surface area contributed by atoms with Crippen molar-refractivity contribution in [2.24, 2.45) is 0 Å². The van der Waals surface area contributed by atoms with E-state index in [1.807, 2.05) is 37.3 Å². The van der Waals surface area contributed by atoms with Crippen LogP contribution >= 0.6 is 27.5 Å². The summed E-state index contributed by atoms with van der Waals surface area (Å²) in [6.07, 6.45) is 0. The lowest BCUT2D eigenvalue weighted by Crippen LogP contribution is -2.09. The lowest BCUT2D eigenvalue weighted by atomic mass is 10.0. The van der Waals surface area contributed by atoms with Gasteiger partial charge in [-0.3, -0.25) is 4.79 Å². The highest BCUT2D eigenvalue weighted by Gasteiger charge is 2.12. The Morgan fingerprint density at radius 3 is 2.55 bits per heavy atom. The number of hydrogen-bond acceptors (Lipinski definition) is 1. The number of hydrogen-bond donors (Lipinski definition) is 1. The number of rotatable bonds is 1. The molecule has 0 aliphatic heterocycles. The summed E-state index contributed by atoms with van der Waals surface area (Å²) in [7, 11) is 0. The monoisotopic (exact) mass is 347 g/mol. The number of fused-ring (bicyclic) bond motifs is 1. The summed E-state index contributed by atoms with van der Waals surface area (Å²) in [6, 6.07) is 13.3. The SMILES string of the molecule is Cc1c(-c2ccccc2)[nH]c2c(Cl)cc(Br)cc2c1=O. The Morgan fingerprint density at radius 2 is 1.85 bits per heavy atom. The highest BCUT2D eigenvalue weighted by Crippen LogP contribution is 2.28. The van der Waals surface area contributed by atoms with Crippen LogP contribution in [0.2, 0.25) is 5.02 Å². The molecule has 20 heavy (non-hydrogen) atoms. The van der Waals surface area contributed by atoms with Gasteiger partial charge in [0.25, 0.3) is 0 Å². The van der Waals surface area contributed by atoms with Crippen LogP contribution in [0.15, 0.2) is 51.7 Å². The zero-order chi connectivity index (χ0) is 14.3. The molecular formula is C16H11BrClNO. The number of H-pyrrole nitrogens is 1. The number of aromatic amines is 1. The van der Waals surface area contributed by atoms with E-state index in [1.54, 1.807) is 12.1 Å². The first-order chi connectivity index (χ1) is 9.58. The van der Waals surface area contributed by atoms with Gasteiger partial charge in [0.15, 0.2) is 5.43 Å². The molecule has 0 fully saturated rings. The summed E-state index contributed by atoms with van der Waals surface area (Å²) < 4.78 is 0.798. The molecule has 0 radical (unpaired) electrons. The summed E-state index contributed by atoms with van der Waals surface area (Å²) >= 11 is 9.61. The minimum atomic E-state index is 0.000744. The van der Waals surface area contributed by atoms with Crippen LogP contribution in [0.25, 0.3) is 22.2 Å². The zero-order valence-electron chi connectivity index (χ0n) is 10.7. The van der Waals surface area contributed by atoms with E-state index >= 15 is 0 Å². The maximum Gasteiger partial charge on any atom is 0.193 e. The number of nitrogens with one attached hydrogen (secondary N) is 1. The quantitative estimate of drug-likeness (QED) is 0.665. The van der Waals surface area contributed by atoms with Gasteiger partial charge in [-0.15, -0.1) is 0 Å². The van der Waals surface area contributed by atoms with Crippen molar-refractivity contribution in [1.82, 2.24) is 4.98 Å². The summed E-state index contributed by atoms with van der Waals surface area (Å²) in [5.74, 6) is 0. The standard InChI is InChI=1S/C16H11BrClNO/c1-9-14(10-5-3-2-4-6-10)19-15-12(16(9)20)7-11(17)8-13(15)18/h2-8H,1H3,(H,19,20). The normalized spacial score (nSPS) is 10.9. The molecule has 100 valence electrons. The van der Waals surface area contributed by atoms with Crippen LogP contribution in [-0.2, 0) is 0 Å². The Labute approximate surface area is 129 Å². The molecule has 2 aromatic carbocycles. The molecule has 1 heterocycles. The van der Waals surface area contributed by atoms with Crippen molar-refractivity contribution < 1.29 is 0 Å². The summed E-state index contributed by atoms with van der Waals surface area (Å²) in [5, 5.41) is 1.13. The average molecular weight is 349 g/mol. The molecule has 0 aliphatic carbocycles. The van der Waals surface area contributed by atoms with Gasteiger partial charge in [0, 0.05) is 15.4 Å². The van der Waals surface area contributed by atoms with Crippen molar-refractivity contribution in [1.29, 1.82) is 0 Å². The van der Waals surface area contributed by atoms with E-state index in [0.29, 0.717) is 21.5 Å². The van der Waals surface area contributed by atoms with Crippen molar-refractivity contribution in [3.05, 3.63) is 67.7 Å². The van der Waals surface area contributed by atoms with Gasteiger partial charge in [-0.1, -0.05) is 57.9 Å². The predicted molar refractivity (Wildman–Crippen MR) is 87.5 cm³/mol. The second-order valence-corrected chi connectivity index (χ2v) is 5.95. The first-order valence-corrected chi connectivity index (χ1v) is 7.32. The third-order valence-corrected chi connectivity index (χ3v) is 4.08. The summed E-state index contributed by atoms with van der Waals surface area (Å²) in [6.45, 7) is 1.83. The van der Waals surface area contributed by atoms with E-state index in [1.165, 1.54) is 0 Å². The fraction of sp³-hybridized carbons (Fsp3) is 0.0625. The summed E-state index contributed by atoms with van der Waals surface area (Å²) in [5.41, 5.74) is 3.15. The van der Waals surface area contributed by atoms with Crippen LogP contribution in [0.1, 0.15) is 5.56 Å². The van der Waals surface area contributed by atoms with E-state index < -0.39 is 0 Å². The molecule has 0 aliphatic rings. The Kier molecular flexibility index (Phi) is 3.40. The summed E-state index contributed by atoms with van der Waals surface area (Å²) in [4.78, 5) is 15.8. The highest BCUT2D eigenvalue weighted by atomic mass is 79.9. The van der Waals surface area contributed by atoms with Crippen LogP contribution < -0.4 is 5.43 Å². The van der Waals surface area contributed by atoms with Gasteiger partial charge in [0.05, 0.1) is 16.2 Å². The van der Waals surface area contributed by atoms with Crippen LogP contribution in [0.4, 0.5) is 0 Å². The molecule has 0 unspecified atom stereocenters. The molecule has 3 aromatic rings. The van der Waals surface area contributed by atoms with Gasteiger partial charge in [-0.25, -0.2) is 0 Å². The molecule has 1 N–H and O–H groups in total. The molecule has 0 spiro atoms. The largest absolute Gasteiger partial charge is 0.353 e. The minimum Gasteiger partial charge on any atom is -0.353 e.